The molecule has 16 heavy (non-hydrogen) atoms. The average molecular weight is 218 g/mol. The van der Waals surface area contributed by atoms with Gasteiger partial charge in [-0.15, -0.1) is 0 Å². The maximum absolute atomic E-state index is 11.3. The molecule has 1 aromatic rings. The predicted molar refractivity (Wildman–Crippen MR) is 64.2 cm³/mol. The molecule has 0 heterocycles. The molecule has 0 aliphatic heterocycles. The van der Waals surface area contributed by atoms with E-state index in [2.05, 4.69) is 34.5 Å². The van der Waals surface area contributed by atoms with Gasteiger partial charge in [0.05, 0.1) is 6.54 Å². The molecule has 3 nitrogen and oxygen atoms in total. The van der Waals surface area contributed by atoms with Crippen molar-refractivity contribution in [2.45, 2.75) is 18.9 Å². The Morgan fingerprint density at radius 3 is 3.00 bits per heavy atom. The summed E-state index contributed by atoms with van der Waals surface area (Å²) < 4.78 is 0. The van der Waals surface area contributed by atoms with E-state index in [1.54, 1.807) is 7.05 Å². The fraction of sp³-hybridized carbons (Fsp3) is 0.462. The van der Waals surface area contributed by atoms with Gasteiger partial charge in [-0.2, -0.15) is 0 Å². The van der Waals surface area contributed by atoms with E-state index in [1.807, 2.05) is 7.05 Å². The highest BCUT2D eigenvalue weighted by molar-refractivity contribution is 5.77. The van der Waals surface area contributed by atoms with E-state index in [1.165, 1.54) is 11.1 Å². The van der Waals surface area contributed by atoms with Gasteiger partial charge in [0, 0.05) is 13.1 Å². The van der Waals surface area contributed by atoms with Crippen molar-refractivity contribution in [1.29, 1.82) is 0 Å². The van der Waals surface area contributed by atoms with Crippen LogP contribution in [0.2, 0.25) is 0 Å². The summed E-state index contributed by atoms with van der Waals surface area (Å²) in [5.41, 5.74) is 2.81. The molecule has 0 saturated carbocycles. The summed E-state index contributed by atoms with van der Waals surface area (Å²) in [5, 5.41) is 2.66. The zero-order valence-corrected chi connectivity index (χ0v) is 9.86. The first kappa shape index (κ1) is 11.1. The predicted octanol–water partition coefficient (Wildman–Crippen LogP) is 1.35. The SMILES string of the molecule is CNC(=O)CN(C)[C@H]1CCc2ccccc21. The molecule has 2 rings (SSSR count). The van der Waals surface area contributed by atoms with E-state index < -0.39 is 0 Å². The minimum atomic E-state index is 0.0758. The van der Waals surface area contributed by atoms with Crippen LogP contribution in [0.15, 0.2) is 24.3 Å². The number of benzene rings is 1. The lowest BCUT2D eigenvalue weighted by Crippen LogP contribution is -2.34. The summed E-state index contributed by atoms with van der Waals surface area (Å²) in [7, 11) is 3.70. The molecular formula is C13H18N2O. The average Bonchev–Trinajstić information content (AvgIpc) is 2.72. The molecule has 1 atom stereocenters. The monoisotopic (exact) mass is 218 g/mol. The molecule has 0 fully saturated rings. The molecular weight excluding hydrogens is 200 g/mol. The van der Waals surface area contributed by atoms with Gasteiger partial charge in [0.1, 0.15) is 0 Å². The van der Waals surface area contributed by atoms with Gasteiger partial charge in [-0.25, -0.2) is 0 Å². The van der Waals surface area contributed by atoms with Crippen LogP contribution >= 0.6 is 0 Å². The van der Waals surface area contributed by atoms with Crippen molar-refractivity contribution in [3.05, 3.63) is 35.4 Å². The van der Waals surface area contributed by atoms with Gasteiger partial charge in [0.2, 0.25) is 5.91 Å². The van der Waals surface area contributed by atoms with Crippen molar-refractivity contribution in [1.82, 2.24) is 10.2 Å². The number of hydrogen-bond acceptors (Lipinski definition) is 2. The smallest absolute Gasteiger partial charge is 0.233 e. The second-order valence-corrected chi connectivity index (χ2v) is 4.34. The number of likely N-dealkylation sites (N-methyl/N-ethyl adjacent to an activating group) is 2. The van der Waals surface area contributed by atoms with Crippen LogP contribution in [0.5, 0.6) is 0 Å². The summed E-state index contributed by atoms with van der Waals surface area (Å²) in [6.07, 6.45) is 2.24. The number of fused-ring (bicyclic) bond motifs is 1. The third-order valence-corrected chi connectivity index (χ3v) is 3.31. The highest BCUT2D eigenvalue weighted by Crippen LogP contribution is 2.34. The molecule has 0 aromatic heterocycles. The fourth-order valence-corrected chi connectivity index (χ4v) is 2.41. The van der Waals surface area contributed by atoms with Crippen LogP contribution < -0.4 is 5.32 Å². The number of aryl methyl sites for hydroxylation is 1. The third kappa shape index (κ3) is 2.09. The molecule has 1 aliphatic carbocycles. The van der Waals surface area contributed by atoms with Crippen LogP contribution in [-0.2, 0) is 11.2 Å². The lowest BCUT2D eigenvalue weighted by Gasteiger charge is -2.24. The zero-order chi connectivity index (χ0) is 11.5. The molecule has 0 spiro atoms. The van der Waals surface area contributed by atoms with Crippen LogP contribution in [-0.4, -0.2) is 31.4 Å². The van der Waals surface area contributed by atoms with Crippen molar-refractivity contribution in [3.63, 3.8) is 0 Å². The van der Waals surface area contributed by atoms with Crippen LogP contribution in [0, 0.1) is 0 Å². The minimum absolute atomic E-state index is 0.0758. The van der Waals surface area contributed by atoms with Crippen LogP contribution in [0.4, 0.5) is 0 Å². The highest BCUT2D eigenvalue weighted by atomic mass is 16.1. The lowest BCUT2D eigenvalue weighted by atomic mass is 10.1. The third-order valence-electron chi connectivity index (χ3n) is 3.31. The van der Waals surface area contributed by atoms with Gasteiger partial charge in [-0.3, -0.25) is 9.69 Å². The Labute approximate surface area is 96.5 Å². The van der Waals surface area contributed by atoms with Gasteiger partial charge < -0.3 is 5.32 Å². The number of carbonyl (C=O) groups is 1. The number of carbonyl (C=O) groups excluding carboxylic acids is 1. The van der Waals surface area contributed by atoms with Crippen molar-refractivity contribution < 1.29 is 4.79 Å². The second kappa shape index (κ2) is 4.66. The topological polar surface area (TPSA) is 32.3 Å². The normalized spacial score (nSPS) is 18.6. The van der Waals surface area contributed by atoms with E-state index in [4.69, 9.17) is 0 Å². The van der Waals surface area contributed by atoms with E-state index >= 15 is 0 Å². The largest absolute Gasteiger partial charge is 0.358 e. The van der Waals surface area contributed by atoms with Crippen molar-refractivity contribution >= 4 is 5.91 Å². The number of hydrogen-bond donors (Lipinski definition) is 1. The summed E-state index contributed by atoms with van der Waals surface area (Å²) >= 11 is 0. The minimum Gasteiger partial charge on any atom is -0.358 e. The Balaban J connectivity index is 2.10. The maximum atomic E-state index is 11.3. The first-order valence-corrected chi connectivity index (χ1v) is 5.71. The lowest BCUT2D eigenvalue weighted by molar-refractivity contribution is -0.121. The Hall–Kier alpha value is -1.35. The molecule has 1 aliphatic rings. The number of rotatable bonds is 3. The van der Waals surface area contributed by atoms with Gasteiger partial charge in [-0.1, -0.05) is 24.3 Å². The van der Waals surface area contributed by atoms with Crippen LogP contribution in [0.25, 0.3) is 0 Å². The Morgan fingerprint density at radius 2 is 2.25 bits per heavy atom. The standard InChI is InChI=1S/C13H18N2O/c1-14-13(16)9-15(2)12-8-7-10-5-3-4-6-11(10)12/h3-6,12H,7-9H2,1-2H3,(H,14,16)/t12-/m0/s1. The molecule has 3 heteroatoms. The molecule has 0 unspecified atom stereocenters. The number of nitrogens with zero attached hydrogens (tertiary/aromatic N) is 1. The van der Waals surface area contributed by atoms with E-state index in [9.17, 15) is 4.79 Å². The zero-order valence-electron chi connectivity index (χ0n) is 9.86. The summed E-state index contributed by atoms with van der Waals surface area (Å²) in [4.78, 5) is 13.5. The number of nitrogens with one attached hydrogen (secondary N) is 1. The molecule has 0 bridgehead atoms. The van der Waals surface area contributed by atoms with Crippen LogP contribution in [0.3, 0.4) is 0 Å². The molecule has 0 saturated heterocycles. The molecule has 1 amide bonds. The van der Waals surface area contributed by atoms with Gasteiger partial charge in [0.15, 0.2) is 0 Å². The highest BCUT2D eigenvalue weighted by Gasteiger charge is 2.25. The number of amides is 1. The quantitative estimate of drug-likeness (QED) is 0.830. The summed E-state index contributed by atoms with van der Waals surface area (Å²) in [6.45, 7) is 0.468. The Morgan fingerprint density at radius 1 is 1.50 bits per heavy atom. The molecule has 1 N–H and O–H groups in total. The van der Waals surface area contributed by atoms with E-state index in [0.717, 1.165) is 12.8 Å². The second-order valence-electron chi connectivity index (χ2n) is 4.34. The van der Waals surface area contributed by atoms with Gasteiger partial charge in [-0.05, 0) is 31.0 Å². The summed E-state index contributed by atoms with van der Waals surface area (Å²) in [6, 6.07) is 8.91. The summed E-state index contributed by atoms with van der Waals surface area (Å²) in [5.74, 6) is 0.0758. The van der Waals surface area contributed by atoms with Crippen molar-refractivity contribution in [2.75, 3.05) is 20.6 Å². The molecule has 86 valence electrons. The van der Waals surface area contributed by atoms with Gasteiger partial charge >= 0.3 is 0 Å². The van der Waals surface area contributed by atoms with E-state index in [-0.39, 0.29) is 5.91 Å². The van der Waals surface area contributed by atoms with Crippen LogP contribution in [0.1, 0.15) is 23.6 Å². The molecule has 1 aromatic carbocycles. The molecule has 0 radical (unpaired) electrons. The van der Waals surface area contributed by atoms with E-state index in [0.29, 0.717) is 12.6 Å². The maximum Gasteiger partial charge on any atom is 0.233 e. The Kier molecular flexibility index (Phi) is 3.25. The first-order chi connectivity index (χ1) is 7.72. The fourth-order valence-electron chi connectivity index (χ4n) is 2.41. The first-order valence-electron chi connectivity index (χ1n) is 5.71. The Bertz CT molecular complexity index is 389. The van der Waals surface area contributed by atoms with Crippen molar-refractivity contribution in [3.8, 4) is 0 Å². The van der Waals surface area contributed by atoms with Crippen molar-refractivity contribution in [2.24, 2.45) is 0 Å². The van der Waals surface area contributed by atoms with Gasteiger partial charge in [0.25, 0.3) is 0 Å².